The number of allylic oxidation sites excluding steroid dienone is 12. The van der Waals surface area contributed by atoms with Crippen LogP contribution in [0.25, 0.3) is 0 Å². The van der Waals surface area contributed by atoms with Crippen LogP contribution in [0.5, 0.6) is 0 Å². The Morgan fingerprint density at radius 3 is 0.808 bits per heavy atom. The third-order valence-electron chi connectivity index (χ3n) is 13.7. The van der Waals surface area contributed by atoms with E-state index in [1.807, 2.05) is 6.08 Å². The largest absolute Gasteiger partial charge is 0.462 e. The van der Waals surface area contributed by atoms with Crippen molar-refractivity contribution in [2.75, 3.05) is 13.2 Å². The molecule has 0 unspecified atom stereocenters. The van der Waals surface area contributed by atoms with E-state index in [-0.39, 0.29) is 37.5 Å². The minimum absolute atomic E-state index is 0.101. The van der Waals surface area contributed by atoms with Gasteiger partial charge in [0, 0.05) is 19.3 Å². The Morgan fingerprint density at radius 1 is 0.288 bits per heavy atom. The van der Waals surface area contributed by atoms with Crippen LogP contribution in [0.15, 0.2) is 72.9 Å². The van der Waals surface area contributed by atoms with Crippen LogP contribution in [0.1, 0.15) is 316 Å². The second kappa shape index (κ2) is 61.4. The van der Waals surface area contributed by atoms with Gasteiger partial charge in [-0.2, -0.15) is 0 Å². The number of carbonyl (C=O) groups excluding carboxylic acids is 3. The summed E-state index contributed by atoms with van der Waals surface area (Å²) in [5.41, 5.74) is 0. The van der Waals surface area contributed by atoms with Crippen LogP contribution >= 0.6 is 0 Å². The fourth-order valence-electron chi connectivity index (χ4n) is 9.06. The smallest absolute Gasteiger partial charge is 0.306 e. The van der Waals surface area contributed by atoms with E-state index in [9.17, 15) is 14.4 Å². The molecule has 73 heavy (non-hydrogen) atoms. The molecule has 1 atom stereocenters. The Hall–Kier alpha value is -3.15. The maximum Gasteiger partial charge on any atom is 0.306 e. The van der Waals surface area contributed by atoms with E-state index in [4.69, 9.17) is 14.2 Å². The molecule has 0 fully saturated rings. The fraction of sp³-hybridized carbons (Fsp3) is 0.776. The van der Waals surface area contributed by atoms with Gasteiger partial charge < -0.3 is 14.2 Å². The maximum atomic E-state index is 12.9. The summed E-state index contributed by atoms with van der Waals surface area (Å²) in [5.74, 6) is -0.969. The lowest BCUT2D eigenvalue weighted by atomic mass is 10.0. The molecule has 6 heteroatoms. The van der Waals surface area contributed by atoms with E-state index in [0.717, 1.165) is 77.0 Å². The van der Waals surface area contributed by atoms with E-state index in [1.165, 1.54) is 193 Å². The van der Waals surface area contributed by atoms with Crippen LogP contribution in [-0.4, -0.2) is 37.2 Å². The number of hydrogen-bond donors (Lipinski definition) is 0. The van der Waals surface area contributed by atoms with Crippen LogP contribution in [0.2, 0.25) is 0 Å². The van der Waals surface area contributed by atoms with Gasteiger partial charge in [-0.05, 0) is 57.8 Å². The fourth-order valence-corrected chi connectivity index (χ4v) is 9.06. The average molecular weight is 1020 g/mol. The molecule has 0 aliphatic rings. The molecule has 0 aromatic rings. The summed E-state index contributed by atoms with van der Waals surface area (Å²) in [6, 6.07) is 0. The Morgan fingerprint density at radius 2 is 0.534 bits per heavy atom. The number of unbranched alkanes of at least 4 members (excludes halogenated alkanes) is 34. The van der Waals surface area contributed by atoms with Crippen molar-refractivity contribution in [1.82, 2.24) is 0 Å². The molecule has 0 N–H and O–H groups in total. The highest BCUT2D eigenvalue weighted by Crippen LogP contribution is 2.17. The Bertz CT molecular complexity index is 1360. The second-order valence-electron chi connectivity index (χ2n) is 21.0. The van der Waals surface area contributed by atoms with Crippen LogP contribution < -0.4 is 0 Å². The predicted molar refractivity (Wildman–Crippen MR) is 316 cm³/mol. The third kappa shape index (κ3) is 59.6. The van der Waals surface area contributed by atoms with Crippen molar-refractivity contribution in [3.63, 3.8) is 0 Å². The summed E-state index contributed by atoms with van der Waals surface area (Å²) in [6.45, 7) is 6.51. The Kier molecular flexibility index (Phi) is 58.7. The van der Waals surface area contributed by atoms with Crippen molar-refractivity contribution in [3.05, 3.63) is 72.9 Å². The molecule has 422 valence electrons. The van der Waals surface area contributed by atoms with Gasteiger partial charge in [0.25, 0.3) is 0 Å². The molecular formula is C67H118O6. The van der Waals surface area contributed by atoms with Crippen LogP contribution in [0.3, 0.4) is 0 Å². The van der Waals surface area contributed by atoms with Gasteiger partial charge in [-0.1, -0.05) is 312 Å². The summed E-state index contributed by atoms with van der Waals surface area (Å²) in [4.78, 5) is 38.2. The molecule has 0 radical (unpaired) electrons. The lowest BCUT2D eigenvalue weighted by molar-refractivity contribution is -0.166. The van der Waals surface area contributed by atoms with Crippen molar-refractivity contribution < 1.29 is 28.6 Å². The number of hydrogen-bond acceptors (Lipinski definition) is 6. The van der Waals surface area contributed by atoms with E-state index in [2.05, 4.69) is 87.6 Å². The lowest BCUT2D eigenvalue weighted by Crippen LogP contribution is -2.30. The summed E-state index contributed by atoms with van der Waals surface area (Å²) in [6.07, 6.45) is 79.2. The van der Waals surface area contributed by atoms with Gasteiger partial charge in [0.05, 0.1) is 0 Å². The molecular weight excluding hydrogens is 901 g/mol. The first-order valence-corrected chi connectivity index (χ1v) is 31.4. The van der Waals surface area contributed by atoms with Crippen LogP contribution in [0, 0.1) is 0 Å². The molecule has 0 aliphatic carbocycles. The average Bonchev–Trinajstić information content (AvgIpc) is 3.39. The van der Waals surface area contributed by atoms with Gasteiger partial charge in [0.15, 0.2) is 6.10 Å². The molecule has 0 heterocycles. The first-order chi connectivity index (χ1) is 36.0. The van der Waals surface area contributed by atoms with E-state index in [0.29, 0.717) is 19.3 Å². The zero-order valence-electron chi connectivity index (χ0n) is 48.4. The predicted octanol–water partition coefficient (Wildman–Crippen LogP) is 21.3. The first kappa shape index (κ1) is 69.8. The van der Waals surface area contributed by atoms with Gasteiger partial charge in [-0.3, -0.25) is 14.4 Å². The summed E-state index contributed by atoms with van der Waals surface area (Å²) in [7, 11) is 0. The monoisotopic (exact) mass is 1020 g/mol. The van der Waals surface area contributed by atoms with Crippen molar-refractivity contribution in [2.45, 2.75) is 322 Å². The maximum absolute atomic E-state index is 12.9. The topological polar surface area (TPSA) is 78.9 Å². The minimum atomic E-state index is -0.813. The van der Waals surface area contributed by atoms with Gasteiger partial charge in [0.2, 0.25) is 0 Å². The number of esters is 3. The highest BCUT2D eigenvalue weighted by atomic mass is 16.6. The zero-order valence-corrected chi connectivity index (χ0v) is 48.4. The lowest BCUT2D eigenvalue weighted by Gasteiger charge is -2.18. The third-order valence-corrected chi connectivity index (χ3v) is 13.7. The number of carbonyl (C=O) groups is 3. The van der Waals surface area contributed by atoms with Crippen molar-refractivity contribution in [2.24, 2.45) is 0 Å². The minimum Gasteiger partial charge on any atom is -0.462 e. The van der Waals surface area contributed by atoms with E-state index in [1.54, 1.807) is 0 Å². The quantitative estimate of drug-likeness (QED) is 0.0261. The molecule has 0 aromatic carbocycles. The van der Waals surface area contributed by atoms with Crippen molar-refractivity contribution >= 4 is 17.9 Å². The van der Waals surface area contributed by atoms with Gasteiger partial charge in [0.1, 0.15) is 13.2 Å². The molecule has 0 saturated heterocycles. The summed E-state index contributed by atoms with van der Waals surface area (Å²) >= 11 is 0. The summed E-state index contributed by atoms with van der Waals surface area (Å²) in [5, 5.41) is 0. The number of rotatable bonds is 57. The van der Waals surface area contributed by atoms with Crippen LogP contribution in [-0.2, 0) is 28.6 Å². The Balaban J connectivity index is 4.42. The molecule has 0 rings (SSSR count). The molecule has 0 aromatic heterocycles. The highest BCUT2D eigenvalue weighted by Gasteiger charge is 2.19. The number of ether oxygens (including phenoxy) is 3. The van der Waals surface area contributed by atoms with Crippen LogP contribution in [0.4, 0.5) is 0 Å². The van der Waals surface area contributed by atoms with Gasteiger partial charge in [-0.25, -0.2) is 0 Å². The SMILES string of the molecule is CC/C=C\C/C=C\C/C=C\C/C=C\C/C=C\C/C=C\CCC(=O)O[C@@H](COC(=O)CCCCCCCCCCCCCCCCC)COC(=O)CCCCCCCCCCCCCCCCCCCCCCC. The first-order valence-electron chi connectivity index (χ1n) is 31.4. The molecule has 0 spiro atoms. The Labute approximate surface area is 453 Å². The van der Waals surface area contributed by atoms with Crippen molar-refractivity contribution in [3.8, 4) is 0 Å². The highest BCUT2D eigenvalue weighted by molar-refractivity contribution is 5.71. The van der Waals surface area contributed by atoms with E-state index >= 15 is 0 Å². The normalized spacial score (nSPS) is 12.5. The van der Waals surface area contributed by atoms with Gasteiger partial charge >= 0.3 is 17.9 Å². The molecule has 0 amide bonds. The van der Waals surface area contributed by atoms with E-state index < -0.39 is 6.10 Å². The second-order valence-corrected chi connectivity index (χ2v) is 21.0. The standard InChI is InChI=1S/C67H118O6/c1-4-7-10-13-16-19-22-25-28-30-32-33-35-36-39-42-45-48-51-54-57-60-66(69)72-63-64(62-71-65(68)59-56-53-50-47-44-41-38-27-24-21-18-15-12-9-6-3)73-67(70)61-58-55-52-49-46-43-40-37-34-31-29-26-23-20-17-14-11-8-5-2/h8,11,17,20,26,29,34,37,43,46,52,55,64H,4-7,9-10,12-16,18-19,21-25,27-28,30-33,35-36,38-42,44-45,47-51,53-54,56-63H2,1-3H3/b11-8-,20-17-,29-26-,37-34-,46-43-,55-52-/t64-/m0/s1. The molecule has 0 bridgehead atoms. The molecule has 0 saturated carbocycles. The molecule has 6 nitrogen and oxygen atoms in total. The summed E-state index contributed by atoms with van der Waals surface area (Å²) < 4.78 is 16.9. The van der Waals surface area contributed by atoms with Gasteiger partial charge in [-0.15, -0.1) is 0 Å². The zero-order chi connectivity index (χ0) is 52.9. The van der Waals surface area contributed by atoms with Crippen molar-refractivity contribution in [1.29, 1.82) is 0 Å². The molecule has 0 aliphatic heterocycles.